The van der Waals surface area contributed by atoms with Crippen molar-refractivity contribution in [2.24, 2.45) is 5.92 Å². The number of urea groups is 1. The summed E-state index contributed by atoms with van der Waals surface area (Å²) in [5.41, 5.74) is 0. The molecule has 0 aromatic carbocycles. The minimum atomic E-state index is 0.0705. The molecule has 3 atom stereocenters. The van der Waals surface area contributed by atoms with Gasteiger partial charge in [0.05, 0.1) is 0 Å². The fourth-order valence-corrected chi connectivity index (χ4v) is 5.27. The van der Waals surface area contributed by atoms with Gasteiger partial charge in [0.15, 0.2) is 0 Å². The lowest BCUT2D eigenvalue weighted by atomic mass is 10.1. The molecule has 140 valence electrons. The molecule has 25 heavy (non-hydrogen) atoms. The van der Waals surface area contributed by atoms with Gasteiger partial charge in [-0.1, -0.05) is 12.8 Å². The Morgan fingerprint density at radius 1 is 0.840 bits per heavy atom. The Morgan fingerprint density at radius 3 is 2.36 bits per heavy atom. The predicted octanol–water partition coefficient (Wildman–Crippen LogP) is 1.66. The van der Waals surface area contributed by atoms with Crippen LogP contribution in [0.25, 0.3) is 0 Å². The van der Waals surface area contributed by atoms with E-state index in [-0.39, 0.29) is 18.0 Å². The van der Waals surface area contributed by atoms with Gasteiger partial charge in [-0.05, 0) is 45.6 Å². The number of nitrogens with one attached hydrogen (secondary N) is 1. The molecule has 0 radical (unpaired) electrons. The molecule has 3 aliphatic heterocycles. The number of carbonyl (C=O) groups excluding carboxylic acids is 2. The zero-order chi connectivity index (χ0) is 17.4. The molecule has 3 saturated heterocycles. The summed E-state index contributed by atoms with van der Waals surface area (Å²) in [5.74, 6) is 0.564. The molecule has 6 nitrogen and oxygen atoms in total. The molecule has 4 aliphatic rings. The van der Waals surface area contributed by atoms with E-state index in [0.717, 1.165) is 45.3 Å². The van der Waals surface area contributed by atoms with Gasteiger partial charge in [-0.25, -0.2) is 4.79 Å². The molecule has 4 rings (SSSR count). The molecule has 0 aromatic rings. The third-order valence-electron chi connectivity index (χ3n) is 6.97. The molecule has 6 heteroatoms. The van der Waals surface area contributed by atoms with Crippen LogP contribution in [0, 0.1) is 5.92 Å². The second kappa shape index (κ2) is 7.14. The number of fused-ring (bicyclic) bond motifs is 2. The van der Waals surface area contributed by atoms with Crippen molar-refractivity contribution in [3.8, 4) is 0 Å². The molecule has 2 bridgehead atoms. The van der Waals surface area contributed by atoms with Crippen LogP contribution in [0.4, 0.5) is 4.79 Å². The maximum atomic E-state index is 12.7. The predicted molar refractivity (Wildman–Crippen MR) is 96.2 cm³/mol. The van der Waals surface area contributed by atoms with Gasteiger partial charge in [0.2, 0.25) is 5.91 Å². The minimum absolute atomic E-state index is 0.0705. The zero-order valence-electron chi connectivity index (χ0n) is 15.5. The number of rotatable bonds is 2. The Morgan fingerprint density at radius 2 is 1.56 bits per heavy atom. The lowest BCUT2D eigenvalue weighted by Crippen LogP contribution is -2.49. The summed E-state index contributed by atoms with van der Waals surface area (Å²) >= 11 is 0. The van der Waals surface area contributed by atoms with E-state index in [2.05, 4.69) is 17.3 Å². The molecule has 3 heterocycles. The van der Waals surface area contributed by atoms with Gasteiger partial charge in [-0.3, -0.25) is 9.69 Å². The normalized spacial score (nSPS) is 33.7. The number of hydrogen-bond acceptors (Lipinski definition) is 3. The van der Waals surface area contributed by atoms with Crippen LogP contribution in [-0.2, 0) is 4.79 Å². The number of nitrogens with zero attached hydrogens (tertiary/aromatic N) is 3. The summed E-state index contributed by atoms with van der Waals surface area (Å²) < 4.78 is 0. The van der Waals surface area contributed by atoms with Gasteiger partial charge in [0.1, 0.15) is 0 Å². The van der Waals surface area contributed by atoms with Crippen LogP contribution in [0.3, 0.4) is 0 Å². The van der Waals surface area contributed by atoms with Crippen molar-refractivity contribution in [3.63, 3.8) is 0 Å². The Bertz CT molecular complexity index is 520. The molecule has 0 spiro atoms. The van der Waals surface area contributed by atoms with E-state index in [1.54, 1.807) is 0 Å². The van der Waals surface area contributed by atoms with Crippen LogP contribution in [0.2, 0.25) is 0 Å². The average Bonchev–Trinajstić information content (AvgIpc) is 3.29. The van der Waals surface area contributed by atoms with Crippen molar-refractivity contribution in [2.75, 3.05) is 33.2 Å². The highest BCUT2D eigenvalue weighted by Gasteiger charge is 2.37. The van der Waals surface area contributed by atoms with Crippen molar-refractivity contribution >= 4 is 11.9 Å². The summed E-state index contributed by atoms with van der Waals surface area (Å²) in [7, 11) is 2.20. The summed E-state index contributed by atoms with van der Waals surface area (Å²) in [5, 5.41) is 3.20. The van der Waals surface area contributed by atoms with Crippen molar-refractivity contribution in [1.82, 2.24) is 20.0 Å². The molecule has 4 fully saturated rings. The molecular formula is C19H32N4O2. The van der Waals surface area contributed by atoms with Crippen LogP contribution in [0.15, 0.2) is 0 Å². The van der Waals surface area contributed by atoms with Crippen LogP contribution in [0.1, 0.15) is 51.4 Å². The maximum Gasteiger partial charge on any atom is 0.317 e. The first-order chi connectivity index (χ1) is 12.1. The SMILES string of the molecule is CN1[C@H]2CC[C@H]1CN(C(=O)N[C@@H]1CCN(C(=O)C3CCCC3)C1)CC2. The van der Waals surface area contributed by atoms with Gasteiger partial charge in [0, 0.05) is 50.2 Å². The molecule has 1 saturated carbocycles. The smallest absolute Gasteiger partial charge is 0.317 e. The summed E-state index contributed by atoms with van der Waals surface area (Å²) in [6.45, 7) is 3.19. The van der Waals surface area contributed by atoms with Gasteiger partial charge < -0.3 is 15.1 Å². The van der Waals surface area contributed by atoms with Crippen LogP contribution in [0.5, 0.6) is 0 Å². The number of likely N-dealkylation sites (tertiary alicyclic amines) is 2. The summed E-state index contributed by atoms with van der Waals surface area (Å²) in [4.78, 5) is 31.7. The number of likely N-dealkylation sites (N-methyl/N-ethyl adjacent to an activating group) is 1. The van der Waals surface area contributed by atoms with E-state index >= 15 is 0 Å². The van der Waals surface area contributed by atoms with E-state index in [4.69, 9.17) is 0 Å². The Labute approximate surface area is 150 Å². The first kappa shape index (κ1) is 17.1. The highest BCUT2D eigenvalue weighted by atomic mass is 16.2. The minimum Gasteiger partial charge on any atom is -0.340 e. The Hall–Kier alpha value is -1.30. The molecular weight excluding hydrogens is 316 g/mol. The second-order valence-corrected chi connectivity index (χ2v) is 8.49. The third-order valence-corrected chi connectivity index (χ3v) is 6.97. The van der Waals surface area contributed by atoms with Gasteiger partial charge in [-0.2, -0.15) is 0 Å². The molecule has 3 amide bonds. The first-order valence-corrected chi connectivity index (χ1v) is 10.2. The fourth-order valence-electron chi connectivity index (χ4n) is 5.27. The van der Waals surface area contributed by atoms with E-state index in [1.165, 1.54) is 25.7 Å². The first-order valence-electron chi connectivity index (χ1n) is 10.2. The fraction of sp³-hybridized carbons (Fsp3) is 0.895. The van der Waals surface area contributed by atoms with Crippen molar-refractivity contribution in [3.05, 3.63) is 0 Å². The topological polar surface area (TPSA) is 55.9 Å². The number of carbonyl (C=O) groups is 2. The standard InChI is InChI=1S/C19H32N4O2/c1-21-16-6-7-17(21)13-23(11-9-16)19(25)20-15-8-10-22(12-15)18(24)14-4-2-3-5-14/h14-17H,2-13H2,1H3,(H,20,25)/t15-,16+,17+/m1/s1. The van der Waals surface area contributed by atoms with Crippen molar-refractivity contribution < 1.29 is 9.59 Å². The number of hydrogen-bond donors (Lipinski definition) is 1. The molecule has 1 aliphatic carbocycles. The second-order valence-electron chi connectivity index (χ2n) is 8.49. The molecule has 0 aromatic heterocycles. The Balaban J connectivity index is 1.28. The van der Waals surface area contributed by atoms with Crippen molar-refractivity contribution in [2.45, 2.75) is 69.5 Å². The quantitative estimate of drug-likeness (QED) is 0.826. The third kappa shape index (κ3) is 3.50. The van der Waals surface area contributed by atoms with Gasteiger partial charge in [0.25, 0.3) is 0 Å². The monoisotopic (exact) mass is 348 g/mol. The summed E-state index contributed by atoms with van der Waals surface area (Å²) in [6, 6.07) is 1.35. The molecule has 0 unspecified atom stereocenters. The van der Waals surface area contributed by atoms with Crippen molar-refractivity contribution in [1.29, 1.82) is 0 Å². The average molecular weight is 348 g/mol. The van der Waals surface area contributed by atoms with E-state index in [1.807, 2.05) is 9.80 Å². The van der Waals surface area contributed by atoms with E-state index in [0.29, 0.717) is 24.5 Å². The summed E-state index contributed by atoms with van der Waals surface area (Å²) in [6.07, 6.45) is 8.94. The lowest BCUT2D eigenvalue weighted by molar-refractivity contribution is -0.134. The van der Waals surface area contributed by atoms with E-state index < -0.39 is 0 Å². The lowest BCUT2D eigenvalue weighted by Gasteiger charge is -2.27. The van der Waals surface area contributed by atoms with Gasteiger partial charge in [-0.15, -0.1) is 0 Å². The zero-order valence-corrected chi connectivity index (χ0v) is 15.5. The van der Waals surface area contributed by atoms with Crippen LogP contribution < -0.4 is 5.32 Å². The highest BCUT2D eigenvalue weighted by molar-refractivity contribution is 5.80. The Kier molecular flexibility index (Phi) is 4.89. The van der Waals surface area contributed by atoms with Gasteiger partial charge >= 0.3 is 6.03 Å². The molecule has 1 N–H and O–H groups in total. The largest absolute Gasteiger partial charge is 0.340 e. The number of amides is 3. The van der Waals surface area contributed by atoms with Crippen LogP contribution >= 0.6 is 0 Å². The maximum absolute atomic E-state index is 12.7. The highest BCUT2D eigenvalue weighted by Crippen LogP contribution is 2.29. The van der Waals surface area contributed by atoms with E-state index in [9.17, 15) is 9.59 Å². The van der Waals surface area contributed by atoms with Crippen LogP contribution in [-0.4, -0.2) is 78.0 Å².